The van der Waals surface area contributed by atoms with Crippen molar-refractivity contribution in [1.82, 2.24) is 4.90 Å². The molecule has 0 aliphatic carbocycles. The van der Waals surface area contributed by atoms with Gasteiger partial charge >= 0.3 is 0 Å². The topological polar surface area (TPSA) is 32.7 Å². The average molecular weight is 229 g/mol. The van der Waals surface area contributed by atoms with Crippen molar-refractivity contribution < 1.29 is 9.84 Å². The summed E-state index contributed by atoms with van der Waals surface area (Å²) < 4.78 is 5.28. The molecule has 0 spiro atoms. The number of aliphatic hydroxyl groups is 1. The van der Waals surface area contributed by atoms with Gasteiger partial charge in [0.1, 0.15) is 0 Å². The van der Waals surface area contributed by atoms with Gasteiger partial charge in [-0.15, -0.1) is 0 Å². The van der Waals surface area contributed by atoms with E-state index in [1.54, 1.807) is 0 Å². The van der Waals surface area contributed by atoms with E-state index in [1.165, 1.54) is 32.1 Å². The van der Waals surface area contributed by atoms with Crippen LogP contribution in [0.3, 0.4) is 0 Å². The first kappa shape index (κ1) is 13.9. The molecule has 0 aromatic heterocycles. The molecule has 1 aliphatic rings. The van der Waals surface area contributed by atoms with E-state index in [1.807, 2.05) is 0 Å². The molecule has 0 unspecified atom stereocenters. The first-order valence-electron chi connectivity index (χ1n) is 6.81. The summed E-state index contributed by atoms with van der Waals surface area (Å²) in [6.45, 7) is 6.66. The van der Waals surface area contributed by atoms with E-state index < -0.39 is 0 Å². The van der Waals surface area contributed by atoms with E-state index in [9.17, 15) is 5.11 Å². The highest BCUT2D eigenvalue weighted by Gasteiger charge is 2.14. The van der Waals surface area contributed by atoms with Crippen LogP contribution in [0.2, 0.25) is 0 Å². The van der Waals surface area contributed by atoms with Crippen molar-refractivity contribution in [2.45, 2.75) is 51.6 Å². The fourth-order valence-electron chi connectivity index (χ4n) is 2.16. The monoisotopic (exact) mass is 229 g/mol. The number of morpholine rings is 1. The van der Waals surface area contributed by atoms with E-state index in [2.05, 4.69) is 11.8 Å². The molecule has 3 heteroatoms. The van der Waals surface area contributed by atoms with E-state index in [-0.39, 0.29) is 6.10 Å². The normalized spacial score (nSPS) is 19.9. The minimum Gasteiger partial charge on any atom is -0.392 e. The summed E-state index contributed by atoms with van der Waals surface area (Å²) in [4.78, 5) is 2.31. The van der Waals surface area contributed by atoms with Crippen molar-refractivity contribution in [1.29, 1.82) is 0 Å². The largest absolute Gasteiger partial charge is 0.392 e. The first-order valence-corrected chi connectivity index (χ1v) is 6.81. The van der Waals surface area contributed by atoms with Gasteiger partial charge in [-0.2, -0.15) is 0 Å². The van der Waals surface area contributed by atoms with Crippen molar-refractivity contribution >= 4 is 0 Å². The molecule has 1 N–H and O–H groups in total. The zero-order valence-electron chi connectivity index (χ0n) is 10.7. The highest BCUT2D eigenvalue weighted by molar-refractivity contribution is 4.67. The van der Waals surface area contributed by atoms with Gasteiger partial charge in [-0.3, -0.25) is 4.90 Å². The van der Waals surface area contributed by atoms with E-state index >= 15 is 0 Å². The van der Waals surface area contributed by atoms with Crippen LogP contribution >= 0.6 is 0 Å². The molecule has 1 fully saturated rings. The molecule has 1 saturated heterocycles. The molecule has 0 aromatic carbocycles. The Morgan fingerprint density at radius 2 is 1.81 bits per heavy atom. The van der Waals surface area contributed by atoms with Crippen molar-refractivity contribution in [3.63, 3.8) is 0 Å². The standard InChI is InChI=1S/C13H27NO2/c1-2-3-4-5-6-7-13(15)12-14-8-10-16-11-9-14/h13,15H,2-12H2,1H3/t13-/m1/s1. The SMILES string of the molecule is CCCCCCC[C@@H](O)CN1CCOCC1. The van der Waals surface area contributed by atoms with Gasteiger partial charge in [-0.25, -0.2) is 0 Å². The number of unbranched alkanes of at least 4 members (excludes halogenated alkanes) is 4. The second-order valence-corrected chi connectivity index (χ2v) is 4.77. The lowest BCUT2D eigenvalue weighted by Gasteiger charge is -2.28. The molecule has 0 amide bonds. The van der Waals surface area contributed by atoms with Crippen LogP contribution < -0.4 is 0 Å². The molecule has 0 radical (unpaired) electrons. The maximum atomic E-state index is 9.88. The van der Waals surface area contributed by atoms with Crippen LogP contribution in [0.15, 0.2) is 0 Å². The lowest BCUT2D eigenvalue weighted by Crippen LogP contribution is -2.40. The summed E-state index contributed by atoms with van der Waals surface area (Å²) in [5, 5.41) is 9.88. The molecule has 1 heterocycles. The van der Waals surface area contributed by atoms with Crippen LogP contribution in [0.25, 0.3) is 0 Å². The van der Waals surface area contributed by atoms with Crippen molar-refractivity contribution in [3.8, 4) is 0 Å². The zero-order valence-corrected chi connectivity index (χ0v) is 10.7. The van der Waals surface area contributed by atoms with E-state index in [0.717, 1.165) is 39.3 Å². The predicted molar refractivity (Wildman–Crippen MR) is 66.6 cm³/mol. The number of hydrogen-bond donors (Lipinski definition) is 1. The summed E-state index contributed by atoms with van der Waals surface area (Å²) >= 11 is 0. The molecule has 1 aliphatic heterocycles. The quantitative estimate of drug-likeness (QED) is 0.647. The third kappa shape index (κ3) is 6.46. The minimum absolute atomic E-state index is 0.139. The highest BCUT2D eigenvalue weighted by Crippen LogP contribution is 2.08. The molecule has 0 aromatic rings. The Morgan fingerprint density at radius 3 is 2.50 bits per heavy atom. The van der Waals surface area contributed by atoms with Gasteiger partial charge in [0.15, 0.2) is 0 Å². The lowest BCUT2D eigenvalue weighted by atomic mass is 10.1. The van der Waals surface area contributed by atoms with Crippen LogP contribution in [0.5, 0.6) is 0 Å². The molecule has 0 saturated carbocycles. The van der Waals surface area contributed by atoms with Gasteiger partial charge in [-0.1, -0.05) is 39.0 Å². The van der Waals surface area contributed by atoms with Crippen LogP contribution in [0.4, 0.5) is 0 Å². The highest BCUT2D eigenvalue weighted by atomic mass is 16.5. The maximum Gasteiger partial charge on any atom is 0.0667 e. The molecule has 96 valence electrons. The Hall–Kier alpha value is -0.120. The minimum atomic E-state index is -0.139. The van der Waals surface area contributed by atoms with Crippen LogP contribution in [0, 0.1) is 0 Å². The average Bonchev–Trinajstić information content (AvgIpc) is 2.30. The summed E-state index contributed by atoms with van der Waals surface area (Å²) in [5.74, 6) is 0. The third-order valence-electron chi connectivity index (χ3n) is 3.21. The number of β-amino-alcohol motifs (C(OH)–C–C–N with tert-alkyl or cyclic N) is 1. The maximum absolute atomic E-state index is 9.88. The molecular weight excluding hydrogens is 202 g/mol. The third-order valence-corrected chi connectivity index (χ3v) is 3.21. The van der Waals surface area contributed by atoms with E-state index in [0.29, 0.717) is 0 Å². The smallest absolute Gasteiger partial charge is 0.0667 e. The second-order valence-electron chi connectivity index (χ2n) is 4.77. The van der Waals surface area contributed by atoms with Crippen LogP contribution in [0.1, 0.15) is 45.4 Å². The Bertz CT molecular complexity index is 158. The molecular formula is C13H27NO2. The van der Waals surface area contributed by atoms with Gasteiger partial charge in [0.25, 0.3) is 0 Å². The van der Waals surface area contributed by atoms with Crippen LogP contribution in [-0.2, 0) is 4.74 Å². The molecule has 0 bridgehead atoms. The van der Waals surface area contributed by atoms with Crippen molar-refractivity contribution in [2.24, 2.45) is 0 Å². The second kappa shape index (κ2) is 8.97. The number of ether oxygens (including phenoxy) is 1. The van der Waals surface area contributed by atoms with Gasteiger partial charge < -0.3 is 9.84 Å². The van der Waals surface area contributed by atoms with Crippen molar-refractivity contribution in [2.75, 3.05) is 32.8 Å². The van der Waals surface area contributed by atoms with Gasteiger partial charge in [0, 0.05) is 19.6 Å². The van der Waals surface area contributed by atoms with E-state index in [4.69, 9.17) is 4.74 Å². The summed E-state index contributed by atoms with van der Waals surface area (Å²) in [6, 6.07) is 0. The molecule has 3 nitrogen and oxygen atoms in total. The van der Waals surface area contributed by atoms with Gasteiger partial charge in [0.2, 0.25) is 0 Å². The summed E-state index contributed by atoms with van der Waals surface area (Å²) in [7, 11) is 0. The van der Waals surface area contributed by atoms with Crippen molar-refractivity contribution in [3.05, 3.63) is 0 Å². The zero-order chi connectivity index (χ0) is 11.6. The molecule has 1 rings (SSSR count). The summed E-state index contributed by atoms with van der Waals surface area (Å²) in [6.07, 6.45) is 7.21. The Balaban J connectivity index is 1.95. The Labute approximate surface area is 99.8 Å². The number of rotatable bonds is 8. The Kier molecular flexibility index (Phi) is 7.81. The number of nitrogens with zero attached hydrogens (tertiary/aromatic N) is 1. The number of hydrogen-bond acceptors (Lipinski definition) is 3. The van der Waals surface area contributed by atoms with Crippen LogP contribution in [-0.4, -0.2) is 49.0 Å². The number of aliphatic hydroxyl groups excluding tert-OH is 1. The lowest BCUT2D eigenvalue weighted by molar-refractivity contribution is 0.0127. The fourth-order valence-corrected chi connectivity index (χ4v) is 2.16. The van der Waals surface area contributed by atoms with Gasteiger partial charge in [-0.05, 0) is 6.42 Å². The summed E-state index contributed by atoms with van der Waals surface area (Å²) in [5.41, 5.74) is 0. The molecule has 1 atom stereocenters. The van der Waals surface area contributed by atoms with Gasteiger partial charge in [0.05, 0.1) is 19.3 Å². The Morgan fingerprint density at radius 1 is 1.12 bits per heavy atom. The molecule has 16 heavy (non-hydrogen) atoms. The fraction of sp³-hybridized carbons (Fsp3) is 1.00. The first-order chi connectivity index (χ1) is 7.83. The predicted octanol–water partition coefficient (Wildman–Crippen LogP) is 2.04.